The Morgan fingerprint density at radius 3 is 2.65 bits per heavy atom. The molecule has 0 aromatic heterocycles. The molecule has 0 fully saturated rings. The maximum absolute atomic E-state index is 10.2. The Hall–Kier alpha value is -1.51. The molecule has 20 heavy (non-hydrogen) atoms. The smallest absolute Gasteiger partial charge is 0.119 e. The number of aryl methyl sites for hydroxylation is 1. The summed E-state index contributed by atoms with van der Waals surface area (Å²) in [5, 5.41) is 10.9. The van der Waals surface area contributed by atoms with Crippen molar-refractivity contribution in [3.8, 4) is 5.75 Å². The van der Waals surface area contributed by atoms with Gasteiger partial charge in [0, 0.05) is 11.4 Å². The molecule has 0 saturated carbocycles. The second kappa shape index (κ2) is 6.78. The van der Waals surface area contributed by atoms with Crippen molar-refractivity contribution < 1.29 is 9.84 Å². The van der Waals surface area contributed by atoms with Gasteiger partial charge in [0.05, 0.1) is 13.2 Å². The summed E-state index contributed by atoms with van der Waals surface area (Å²) in [6.07, 6.45) is 0.680. The van der Waals surface area contributed by atoms with Crippen LogP contribution in [0, 0.1) is 6.92 Å². The third-order valence-electron chi connectivity index (χ3n) is 3.27. The van der Waals surface area contributed by atoms with Crippen molar-refractivity contribution in [3.63, 3.8) is 0 Å². The van der Waals surface area contributed by atoms with Gasteiger partial charge < -0.3 is 9.84 Å². The number of hydrogen-bond donors (Lipinski definition) is 1. The number of hydrogen-bond acceptors (Lipinski definition) is 2. The Morgan fingerprint density at radius 2 is 1.95 bits per heavy atom. The maximum atomic E-state index is 10.2. The van der Waals surface area contributed by atoms with E-state index in [2.05, 4.69) is 0 Å². The number of aliphatic hydroxyl groups excluding tert-OH is 1. The van der Waals surface area contributed by atoms with Gasteiger partial charge in [-0.2, -0.15) is 0 Å². The SMILES string of the molecule is COc1cccc(CC(O)Cc2ccc(C)cc2Cl)c1. The summed E-state index contributed by atoms with van der Waals surface area (Å²) < 4.78 is 5.18. The Bertz CT molecular complexity index is 581. The molecular formula is C17H19ClO2. The van der Waals surface area contributed by atoms with E-state index in [1.807, 2.05) is 49.4 Å². The van der Waals surface area contributed by atoms with Crippen molar-refractivity contribution in [2.24, 2.45) is 0 Å². The third kappa shape index (κ3) is 3.99. The summed E-state index contributed by atoms with van der Waals surface area (Å²) in [6.45, 7) is 2.00. The first kappa shape index (κ1) is 14.9. The highest BCUT2D eigenvalue weighted by atomic mass is 35.5. The van der Waals surface area contributed by atoms with Crippen LogP contribution in [0.2, 0.25) is 5.02 Å². The first-order valence-corrected chi connectivity index (χ1v) is 7.02. The zero-order valence-corrected chi connectivity index (χ0v) is 12.5. The fourth-order valence-corrected chi connectivity index (χ4v) is 2.53. The summed E-state index contributed by atoms with van der Waals surface area (Å²) in [5.74, 6) is 0.808. The highest BCUT2D eigenvalue weighted by molar-refractivity contribution is 6.31. The molecule has 106 valence electrons. The molecule has 0 spiro atoms. The minimum Gasteiger partial charge on any atom is -0.497 e. The topological polar surface area (TPSA) is 29.5 Å². The van der Waals surface area contributed by atoms with Crippen LogP contribution in [-0.4, -0.2) is 18.3 Å². The zero-order valence-electron chi connectivity index (χ0n) is 11.8. The van der Waals surface area contributed by atoms with Crippen molar-refractivity contribution in [3.05, 3.63) is 64.2 Å². The fourth-order valence-electron chi connectivity index (χ4n) is 2.22. The molecule has 2 aromatic rings. The summed E-state index contributed by atoms with van der Waals surface area (Å²) in [5.41, 5.74) is 3.16. The van der Waals surface area contributed by atoms with Crippen LogP contribution in [0.1, 0.15) is 16.7 Å². The molecule has 0 aliphatic carbocycles. The number of aliphatic hydroxyl groups is 1. The summed E-state index contributed by atoms with van der Waals surface area (Å²) >= 11 is 6.19. The molecule has 0 aliphatic rings. The van der Waals surface area contributed by atoms with E-state index in [0.717, 1.165) is 27.5 Å². The van der Waals surface area contributed by atoms with E-state index in [0.29, 0.717) is 12.8 Å². The molecule has 1 unspecified atom stereocenters. The van der Waals surface area contributed by atoms with Crippen LogP contribution in [0.3, 0.4) is 0 Å². The molecule has 2 rings (SSSR count). The van der Waals surface area contributed by atoms with Gasteiger partial charge in [-0.3, -0.25) is 0 Å². The van der Waals surface area contributed by atoms with Gasteiger partial charge in [-0.1, -0.05) is 35.9 Å². The van der Waals surface area contributed by atoms with Crippen LogP contribution in [0.5, 0.6) is 5.75 Å². The number of benzene rings is 2. The molecule has 0 radical (unpaired) electrons. The summed E-state index contributed by atoms with van der Waals surface area (Å²) in [6, 6.07) is 13.7. The lowest BCUT2D eigenvalue weighted by Gasteiger charge is -2.13. The standard InChI is InChI=1S/C17H19ClO2/c1-12-6-7-14(17(18)8-12)11-15(19)9-13-4-3-5-16(10-13)20-2/h3-8,10,15,19H,9,11H2,1-2H3. The van der Waals surface area contributed by atoms with Gasteiger partial charge in [-0.05, 0) is 48.2 Å². The largest absolute Gasteiger partial charge is 0.497 e. The average molecular weight is 291 g/mol. The maximum Gasteiger partial charge on any atom is 0.119 e. The van der Waals surface area contributed by atoms with Crippen molar-refractivity contribution >= 4 is 11.6 Å². The van der Waals surface area contributed by atoms with Gasteiger partial charge in [-0.25, -0.2) is 0 Å². The van der Waals surface area contributed by atoms with E-state index in [1.165, 1.54) is 0 Å². The van der Waals surface area contributed by atoms with Crippen LogP contribution < -0.4 is 4.74 Å². The fraction of sp³-hybridized carbons (Fsp3) is 0.294. The highest BCUT2D eigenvalue weighted by Gasteiger charge is 2.10. The molecule has 0 aliphatic heterocycles. The molecule has 0 amide bonds. The van der Waals surface area contributed by atoms with Gasteiger partial charge in [0.15, 0.2) is 0 Å². The number of methoxy groups -OCH3 is 1. The lowest BCUT2D eigenvalue weighted by molar-refractivity contribution is 0.175. The Morgan fingerprint density at radius 1 is 1.15 bits per heavy atom. The van der Waals surface area contributed by atoms with Crippen LogP contribution >= 0.6 is 11.6 Å². The molecule has 3 heteroatoms. The third-order valence-corrected chi connectivity index (χ3v) is 3.62. The molecule has 1 atom stereocenters. The van der Waals surface area contributed by atoms with Gasteiger partial charge >= 0.3 is 0 Å². The van der Waals surface area contributed by atoms with E-state index in [1.54, 1.807) is 7.11 Å². The predicted molar refractivity (Wildman–Crippen MR) is 82.6 cm³/mol. The second-order valence-electron chi connectivity index (χ2n) is 5.01. The number of ether oxygens (including phenoxy) is 1. The molecule has 2 nitrogen and oxygen atoms in total. The number of halogens is 1. The summed E-state index contributed by atoms with van der Waals surface area (Å²) in [4.78, 5) is 0. The van der Waals surface area contributed by atoms with Gasteiger partial charge in [-0.15, -0.1) is 0 Å². The normalized spacial score (nSPS) is 12.2. The summed E-state index contributed by atoms with van der Waals surface area (Å²) in [7, 11) is 1.64. The van der Waals surface area contributed by atoms with Crippen molar-refractivity contribution in [2.75, 3.05) is 7.11 Å². The predicted octanol–water partition coefficient (Wildman–Crippen LogP) is 3.80. The van der Waals surface area contributed by atoms with Crippen molar-refractivity contribution in [1.29, 1.82) is 0 Å². The molecule has 2 aromatic carbocycles. The van der Waals surface area contributed by atoms with Gasteiger partial charge in [0.2, 0.25) is 0 Å². The van der Waals surface area contributed by atoms with E-state index in [-0.39, 0.29) is 0 Å². The minimum atomic E-state index is -0.456. The first-order chi connectivity index (χ1) is 9.58. The highest BCUT2D eigenvalue weighted by Crippen LogP contribution is 2.21. The molecule has 0 saturated heterocycles. The molecule has 0 bridgehead atoms. The van der Waals surface area contributed by atoms with Crippen LogP contribution in [0.4, 0.5) is 0 Å². The van der Waals surface area contributed by atoms with Crippen molar-refractivity contribution in [2.45, 2.75) is 25.9 Å². The molecule has 1 N–H and O–H groups in total. The minimum absolute atomic E-state index is 0.456. The van der Waals surface area contributed by atoms with E-state index in [9.17, 15) is 5.11 Å². The van der Waals surface area contributed by atoms with Crippen LogP contribution in [0.25, 0.3) is 0 Å². The molecule has 0 heterocycles. The lowest BCUT2D eigenvalue weighted by Crippen LogP contribution is -2.14. The zero-order chi connectivity index (χ0) is 14.5. The Labute approximate surface area is 125 Å². The first-order valence-electron chi connectivity index (χ1n) is 6.64. The van der Waals surface area contributed by atoms with Gasteiger partial charge in [0.25, 0.3) is 0 Å². The van der Waals surface area contributed by atoms with E-state index >= 15 is 0 Å². The second-order valence-corrected chi connectivity index (χ2v) is 5.42. The monoisotopic (exact) mass is 290 g/mol. The quantitative estimate of drug-likeness (QED) is 0.907. The van der Waals surface area contributed by atoms with E-state index in [4.69, 9.17) is 16.3 Å². The van der Waals surface area contributed by atoms with E-state index < -0.39 is 6.10 Å². The van der Waals surface area contributed by atoms with Gasteiger partial charge in [0.1, 0.15) is 5.75 Å². The molecular weight excluding hydrogens is 272 g/mol. The number of rotatable bonds is 5. The van der Waals surface area contributed by atoms with Crippen LogP contribution in [-0.2, 0) is 12.8 Å². The van der Waals surface area contributed by atoms with Crippen molar-refractivity contribution in [1.82, 2.24) is 0 Å². The Balaban J connectivity index is 2.02. The van der Waals surface area contributed by atoms with Crippen LogP contribution in [0.15, 0.2) is 42.5 Å². The Kier molecular flexibility index (Phi) is 5.05. The lowest BCUT2D eigenvalue weighted by atomic mass is 10.0. The average Bonchev–Trinajstić information content (AvgIpc) is 2.42.